The van der Waals surface area contributed by atoms with Crippen LogP contribution in [0.1, 0.15) is 15.9 Å². The summed E-state index contributed by atoms with van der Waals surface area (Å²) in [5, 5.41) is 0.283. The van der Waals surface area contributed by atoms with Crippen molar-refractivity contribution in [3.05, 3.63) is 76.1 Å². The molecule has 30 heavy (non-hydrogen) atoms. The molecule has 4 rings (SSSR count). The van der Waals surface area contributed by atoms with Crippen LogP contribution in [0.15, 0.2) is 68.4 Å². The summed E-state index contributed by atoms with van der Waals surface area (Å²) in [6, 6.07) is 13.3. The molecule has 2 aromatic carbocycles. The second-order valence-electron chi connectivity index (χ2n) is 6.49. The van der Waals surface area contributed by atoms with Crippen molar-refractivity contribution in [3.63, 3.8) is 0 Å². The number of carbonyl (C=O) groups excluding carboxylic acids is 1. The van der Waals surface area contributed by atoms with Gasteiger partial charge in [-0.3, -0.25) is 4.79 Å². The lowest BCUT2D eigenvalue weighted by molar-refractivity contribution is 0.0724. The first-order chi connectivity index (χ1) is 14.5. The van der Waals surface area contributed by atoms with E-state index >= 15 is 0 Å². The van der Waals surface area contributed by atoms with Crippen LogP contribution in [0.4, 0.5) is 0 Å². The van der Waals surface area contributed by atoms with Crippen molar-refractivity contribution in [1.29, 1.82) is 0 Å². The number of ether oxygens (including phenoxy) is 3. The predicted molar refractivity (Wildman–Crippen MR) is 109 cm³/mol. The molecule has 0 saturated heterocycles. The molecule has 7 nitrogen and oxygen atoms in total. The number of fused-ring (bicyclic) bond motifs is 1. The van der Waals surface area contributed by atoms with E-state index in [9.17, 15) is 9.59 Å². The van der Waals surface area contributed by atoms with Crippen molar-refractivity contribution in [3.8, 4) is 28.8 Å². The van der Waals surface area contributed by atoms with Gasteiger partial charge in [0.05, 0.1) is 25.9 Å². The van der Waals surface area contributed by atoms with Gasteiger partial charge in [-0.05, 0) is 48.9 Å². The van der Waals surface area contributed by atoms with Gasteiger partial charge >= 0.3 is 5.97 Å². The van der Waals surface area contributed by atoms with Crippen LogP contribution in [-0.4, -0.2) is 20.2 Å². The Morgan fingerprint density at radius 2 is 1.70 bits per heavy atom. The standard InChI is InChI=1S/C23H18O7/c1-13-9-10-14-18(12-13)29-21(17-8-5-11-28-17)22(20(14)24)30-23(25)19-15(26-2)6-4-7-16(19)27-3/h4-12H,1-3H3. The second kappa shape index (κ2) is 7.79. The van der Waals surface area contributed by atoms with Crippen LogP contribution in [0.2, 0.25) is 0 Å². The Kier molecular flexibility index (Phi) is 5.02. The summed E-state index contributed by atoms with van der Waals surface area (Å²) in [5.74, 6) is -0.329. The van der Waals surface area contributed by atoms with Crippen LogP contribution >= 0.6 is 0 Å². The van der Waals surface area contributed by atoms with E-state index in [2.05, 4.69) is 0 Å². The van der Waals surface area contributed by atoms with Crippen molar-refractivity contribution in [2.24, 2.45) is 0 Å². The van der Waals surface area contributed by atoms with Crippen LogP contribution in [-0.2, 0) is 0 Å². The Bertz CT molecular complexity index is 1260. The van der Waals surface area contributed by atoms with E-state index in [0.717, 1.165) is 5.56 Å². The number of aryl methyl sites for hydroxylation is 1. The van der Waals surface area contributed by atoms with Gasteiger partial charge in [0.1, 0.15) is 22.6 Å². The third kappa shape index (κ3) is 3.30. The van der Waals surface area contributed by atoms with Crippen LogP contribution in [0.5, 0.6) is 17.2 Å². The normalized spacial score (nSPS) is 10.8. The summed E-state index contributed by atoms with van der Waals surface area (Å²) < 4.78 is 27.4. The Hall–Kier alpha value is -4.00. The second-order valence-corrected chi connectivity index (χ2v) is 6.49. The smallest absolute Gasteiger partial charge is 0.351 e. The van der Waals surface area contributed by atoms with Crippen LogP contribution in [0.3, 0.4) is 0 Å². The van der Waals surface area contributed by atoms with E-state index in [1.54, 1.807) is 48.5 Å². The van der Waals surface area contributed by atoms with Crippen molar-refractivity contribution in [2.45, 2.75) is 6.92 Å². The molecule has 2 aromatic heterocycles. The molecule has 0 N–H and O–H groups in total. The van der Waals surface area contributed by atoms with Gasteiger partial charge in [0.25, 0.3) is 0 Å². The lowest BCUT2D eigenvalue weighted by atomic mass is 10.1. The fourth-order valence-electron chi connectivity index (χ4n) is 3.14. The van der Waals surface area contributed by atoms with E-state index in [4.69, 9.17) is 23.0 Å². The molecule has 0 bridgehead atoms. The zero-order valence-electron chi connectivity index (χ0n) is 16.6. The van der Waals surface area contributed by atoms with Crippen molar-refractivity contribution < 1.29 is 27.8 Å². The summed E-state index contributed by atoms with van der Waals surface area (Å²) >= 11 is 0. The number of hydrogen-bond donors (Lipinski definition) is 0. The number of esters is 1. The van der Waals surface area contributed by atoms with Crippen LogP contribution in [0.25, 0.3) is 22.5 Å². The predicted octanol–water partition coefficient (Wildman–Crippen LogP) is 4.60. The molecule has 0 unspecified atom stereocenters. The number of carbonyl (C=O) groups is 1. The minimum Gasteiger partial charge on any atom is -0.496 e. The minimum absolute atomic E-state index is 0.0188. The largest absolute Gasteiger partial charge is 0.496 e. The molecule has 0 spiro atoms. The maximum Gasteiger partial charge on any atom is 0.351 e. The molecule has 0 atom stereocenters. The van der Waals surface area contributed by atoms with Gasteiger partial charge in [-0.2, -0.15) is 0 Å². The van der Waals surface area contributed by atoms with Crippen molar-refractivity contribution in [2.75, 3.05) is 14.2 Å². The van der Waals surface area contributed by atoms with Gasteiger partial charge in [0, 0.05) is 0 Å². The number of methoxy groups -OCH3 is 2. The molecule has 0 amide bonds. The molecule has 0 fully saturated rings. The first kappa shape index (κ1) is 19.3. The average molecular weight is 406 g/mol. The van der Waals surface area contributed by atoms with Crippen LogP contribution < -0.4 is 19.6 Å². The molecule has 0 radical (unpaired) electrons. The zero-order chi connectivity index (χ0) is 21.3. The first-order valence-electron chi connectivity index (χ1n) is 9.08. The Morgan fingerprint density at radius 3 is 2.33 bits per heavy atom. The van der Waals surface area contributed by atoms with Crippen molar-refractivity contribution >= 4 is 16.9 Å². The zero-order valence-corrected chi connectivity index (χ0v) is 16.6. The highest BCUT2D eigenvalue weighted by Gasteiger charge is 2.26. The quantitative estimate of drug-likeness (QED) is 0.448. The number of rotatable bonds is 5. The molecular formula is C23H18O7. The highest BCUT2D eigenvalue weighted by Crippen LogP contribution is 2.34. The molecular weight excluding hydrogens is 388 g/mol. The molecule has 4 aromatic rings. The Labute approximate surface area is 171 Å². The Balaban J connectivity index is 1.90. The van der Waals surface area contributed by atoms with Crippen LogP contribution in [0, 0.1) is 6.92 Å². The summed E-state index contributed by atoms with van der Waals surface area (Å²) in [7, 11) is 2.85. The molecule has 0 aliphatic carbocycles. The van der Waals surface area contributed by atoms with E-state index in [1.807, 2.05) is 6.92 Å². The Morgan fingerprint density at radius 1 is 0.967 bits per heavy atom. The third-order valence-electron chi connectivity index (χ3n) is 4.58. The first-order valence-corrected chi connectivity index (χ1v) is 9.08. The molecule has 152 valence electrons. The van der Waals surface area contributed by atoms with E-state index in [-0.39, 0.29) is 39.7 Å². The minimum atomic E-state index is -0.823. The van der Waals surface area contributed by atoms with Gasteiger partial charge in [0.15, 0.2) is 5.76 Å². The molecule has 0 aliphatic heterocycles. The van der Waals surface area contributed by atoms with Gasteiger partial charge in [0.2, 0.25) is 16.9 Å². The molecule has 0 aliphatic rings. The maximum atomic E-state index is 13.2. The number of benzene rings is 2. The fraction of sp³-hybridized carbons (Fsp3) is 0.130. The molecule has 2 heterocycles. The van der Waals surface area contributed by atoms with E-state index < -0.39 is 11.4 Å². The molecule has 0 saturated carbocycles. The lowest BCUT2D eigenvalue weighted by Gasteiger charge is -2.13. The lowest BCUT2D eigenvalue weighted by Crippen LogP contribution is -2.17. The topological polar surface area (TPSA) is 88.1 Å². The van der Waals surface area contributed by atoms with Gasteiger partial charge in [-0.25, -0.2) is 4.79 Å². The highest BCUT2D eigenvalue weighted by atomic mass is 16.6. The summed E-state index contributed by atoms with van der Waals surface area (Å²) in [4.78, 5) is 26.2. The summed E-state index contributed by atoms with van der Waals surface area (Å²) in [6.07, 6.45) is 1.44. The maximum absolute atomic E-state index is 13.2. The summed E-state index contributed by atoms with van der Waals surface area (Å²) in [5.41, 5.74) is 0.835. The SMILES string of the molecule is COc1cccc(OC)c1C(=O)Oc1c(-c2ccco2)oc2cc(C)ccc2c1=O. The number of furan rings is 1. The number of hydrogen-bond acceptors (Lipinski definition) is 7. The molecule has 7 heteroatoms. The van der Waals surface area contributed by atoms with E-state index in [0.29, 0.717) is 5.58 Å². The van der Waals surface area contributed by atoms with Gasteiger partial charge < -0.3 is 23.0 Å². The van der Waals surface area contributed by atoms with Gasteiger partial charge in [-0.15, -0.1) is 0 Å². The highest BCUT2D eigenvalue weighted by molar-refractivity contribution is 5.98. The fourth-order valence-corrected chi connectivity index (χ4v) is 3.14. The van der Waals surface area contributed by atoms with E-state index in [1.165, 1.54) is 20.5 Å². The third-order valence-corrected chi connectivity index (χ3v) is 4.58. The van der Waals surface area contributed by atoms with Gasteiger partial charge in [-0.1, -0.05) is 12.1 Å². The average Bonchev–Trinajstić information content (AvgIpc) is 3.29. The van der Waals surface area contributed by atoms with Crippen molar-refractivity contribution in [1.82, 2.24) is 0 Å². The summed E-state index contributed by atoms with van der Waals surface area (Å²) in [6.45, 7) is 1.88. The monoisotopic (exact) mass is 406 g/mol.